The van der Waals surface area contributed by atoms with Crippen molar-refractivity contribution >= 4 is 49.4 Å². The largest absolute Gasteiger partial charge is 0.270 e. The standard InChI is InChI=1S/C7H3BrFIN2/c8-7-6-4(9)1-3(10)2-5(6)11-12-7/h1-2H,(H,11,12). The molecule has 0 unspecified atom stereocenters. The lowest BCUT2D eigenvalue weighted by atomic mass is 10.2. The van der Waals surface area contributed by atoms with E-state index in [0.717, 1.165) is 3.57 Å². The van der Waals surface area contributed by atoms with Gasteiger partial charge in [-0.05, 0) is 50.7 Å². The maximum atomic E-state index is 13.2. The predicted octanol–water partition coefficient (Wildman–Crippen LogP) is 3.07. The molecule has 0 aliphatic carbocycles. The van der Waals surface area contributed by atoms with Crippen molar-refractivity contribution in [2.24, 2.45) is 0 Å². The van der Waals surface area contributed by atoms with E-state index in [1.807, 2.05) is 6.07 Å². The Kier molecular flexibility index (Phi) is 2.07. The number of hydrogen-bond acceptors (Lipinski definition) is 1. The summed E-state index contributed by atoms with van der Waals surface area (Å²) in [6.45, 7) is 0. The Morgan fingerprint density at radius 3 is 3.00 bits per heavy atom. The molecule has 0 aliphatic heterocycles. The van der Waals surface area contributed by atoms with Crippen LogP contribution in [0, 0.1) is 9.39 Å². The quantitative estimate of drug-likeness (QED) is 0.734. The summed E-state index contributed by atoms with van der Waals surface area (Å²) in [7, 11) is 0. The second kappa shape index (κ2) is 2.95. The summed E-state index contributed by atoms with van der Waals surface area (Å²) in [6, 6.07) is 3.30. The van der Waals surface area contributed by atoms with E-state index in [4.69, 9.17) is 0 Å². The molecule has 0 bridgehead atoms. The van der Waals surface area contributed by atoms with Gasteiger partial charge in [0.05, 0.1) is 10.9 Å². The first kappa shape index (κ1) is 8.43. The fourth-order valence-electron chi connectivity index (χ4n) is 1.03. The Hall–Kier alpha value is -0.170. The molecule has 0 radical (unpaired) electrons. The van der Waals surface area contributed by atoms with Gasteiger partial charge in [0.1, 0.15) is 10.4 Å². The second-order valence-corrected chi connectivity index (χ2v) is 4.36. The number of hydrogen-bond donors (Lipinski definition) is 1. The minimum Gasteiger partial charge on any atom is -0.270 e. The van der Waals surface area contributed by atoms with E-state index in [1.165, 1.54) is 6.07 Å². The Bertz CT molecular complexity index is 440. The highest BCUT2D eigenvalue weighted by Gasteiger charge is 2.08. The van der Waals surface area contributed by atoms with Gasteiger partial charge >= 0.3 is 0 Å². The fourth-order valence-corrected chi connectivity index (χ4v) is 2.08. The lowest BCUT2D eigenvalue weighted by molar-refractivity contribution is 0.638. The third-order valence-corrected chi connectivity index (χ3v) is 2.72. The highest BCUT2D eigenvalue weighted by Crippen LogP contribution is 2.25. The van der Waals surface area contributed by atoms with Gasteiger partial charge in [-0.2, -0.15) is 5.10 Å². The number of aromatic nitrogens is 2. The van der Waals surface area contributed by atoms with Crippen LogP contribution in [0.4, 0.5) is 4.39 Å². The maximum Gasteiger partial charge on any atom is 0.136 e. The molecule has 0 atom stereocenters. The SMILES string of the molecule is Fc1cc(I)cc2n[nH]c(Br)c12. The van der Waals surface area contributed by atoms with Crippen LogP contribution in [-0.4, -0.2) is 10.2 Å². The van der Waals surface area contributed by atoms with Crippen molar-refractivity contribution in [3.8, 4) is 0 Å². The van der Waals surface area contributed by atoms with Gasteiger partial charge in [0.15, 0.2) is 0 Å². The van der Waals surface area contributed by atoms with Crippen LogP contribution in [0.2, 0.25) is 0 Å². The van der Waals surface area contributed by atoms with Gasteiger partial charge in [-0.3, -0.25) is 5.10 Å². The number of rotatable bonds is 0. The van der Waals surface area contributed by atoms with Gasteiger partial charge in [0, 0.05) is 3.57 Å². The summed E-state index contributed by atoms with van der Waals surface area (Å²) in [5.74, 6) is -0.252. The van der Waals surface area contributed by atoms with Crippen molar-refractivity contribution in [1.29, 1.82) is 0 Å². The fraction of sp³-hybridized carbons (Fsp3) is 0. The van der Waals surface area contributed by atoms with E-state index in [2.05, 4.69) is 48.7 Å². The minimum absolute atomic E-state index is 0.252. The lowest BCUT2D eigenvalue weighted by Crippen LogP contribution is -1.79. The Morgan fingerprint density at radius 2 is 2.25 bits per heavy atom. The predicted molar refractivity (Wildman–Crippen MR) is 56.5 cm³/mol. The third kappa shape index (κ3) is 1.24. The zero-order chi connectivity index (χ0) is 8.72. The van der Waals surface area contributed by atoms with Crippen molar-refractivity contribution < 1.29 is 4.39 Å². The molecule has 0 saturated heterocycles. The smallest absolute Gasteiger partial charge is 0.136 e. The highest BCUT2D eigenvalue weighted by atomic mass is 127. The van der Waals surface area contributed by atoms with Crippen molar-refractivity contribution in [3.05, 3.63) is 26.1 Å². The second-order valence-electron chi connectivity index (χ2n) is 2.32. The van der Waals surface area contributed by atoms with Crippen molar-refractivity contribution in [3.63, 3.8) is 0 Å². The molecule has 0 saturated carbocycles. The van der Waals surface area contributed by atoms with Gasteiger partial charge in [0.2, 0.25) is 0 Å². The van der Waals surface area contributed by atoms with Gasteiger partial charge in [-0.15, -0.1) is 0 Å². The molecule has 1 aromatic carbocycles. The summed E-state index contributed by atoms with van der Waals surface area (Å²) in [6.07, 6.45) is 0. The first-order valence-electron chi connectivity index (χ1n) is 3.17. The van der Waals surface area contributed by atoms with E-state index < -0.39 is 0 Å². The van der Waals surface area contributed by atoms with Crippen LogP contribution in [0.25, 0.3) is 10.9 Å². The first-order chi connectivity index (χ1) is 5.68. The number of halogens is 3. The molecule has 1 heterocycles. The van der Waals surface area contributed by atoms with Crippen LogP contribution in [0.1, 0.15) is 0 Å². The van der Waals surface area contributed by atoms with Crippen molar-refractivity contribution in [2.75, 3.05) is 0 Å². The molecule has 0 fully saturated rings. The summed E-state index contributed by atoms with van der Waals surface area (Å²) < 4.78 is 14.7. The zero-order valence-corrected chi connectivity index (χ0v) is 9.48. The Morgan fingerprint density at radius 1 is 1.50 bits per heavy atom. The summed E-state index contributed by atoms with van der Waals surface area (Å²) in [5.41, 5.74) is 0.645. The van der Waals surface area contributed by atoms with Gasteiger partial charge < -0.3 is 0 Å². The summed E-state index contributed by atoms with van der Waals surface area (Å²) in [5, 5.41) is 7.10. The molecular weight excluding hydrogens is 338 g/mol. The molecule has 0 amide bonds. The topological polar surface area (TPSA) is 28.7 Å². The number of aromatic amines is 1. The monoisotopic (exact) mass is 340 g/mol. The van der Waals surface area contributed by atoms with Crippen LogP contribution in [0.15, 0.2) is 16.7 Å². The lowest BCUT2D eigenvalue weighted by Gasteiger charge is -1.92. The molecule has 2 aromatic rings. The van der Waals surface area contributed by atoms with E-state index in [9.17, 15) is 4.39 Å². The van der Waals surface area contributed by atoms with Crippen LogP contribution in [-0.2, 0) is 0 Å². The van der Waals surface area contributed by atoms with Crippen molar-refractivity contribution in [1.82, 2.24) is 10.2 Å². The number of benzene rings is 1. The summed E-state index contributed by atoms with van der Waals surface area (Å²) in [4.78, 5) is 0. The van der Waals surface area contributed by atoms with Crippen molar-refractivity contribution in [2.45, 2.75) is 0 Å². The first-order valence-corrected chi connectivity index (χ1v) is 5.04. The molecule has 2 rings (SSSR count). The van der Waals surface area contributed by atoms with Gasteiger partial charge in [-0.25, -0.2) is 4.39 Å². The normalized spacial score (nSPS) is 10.9. The molecule has 62 valence electrons. The van der Waals surface area contributed by atoms with E-state index >= 15 is 0 Å². The van der Waals surface area contributed by atoms with Crippen LogP contribution < -0.4 is 0 Å². The van der Waals surface area contributed by atoms with Gasteiger partial charge in [-0.1, -0.05) is 0 Å². The zero-order valence-electron chi connectivity index (χ0n) is 5.74. The van der Waals surface area contributed by atoms with Crippen LogP contribution in [0.5, 0.6) is 0 Å². The molecule has 1 aromatic heterocycles. The van der Waals surface area contributed by atoms with Crippen LogP contribution in [0.3, 0.4) is 0 Å². The average molecular weight is 341 g/mol. The molecule has 12 heavy (non-hydrogen) atoms. The average Bonchev–Trinajstić information content (AvgIpc) is 2.31. The van der Waals surface area contributed by atoms with E-state index in [1.54, 1.807) is 0 Å². The molecule has 1 N–H and O–H groups in total. The highest BCUT2D eigenvalue weighted by molar-refractivity contribution is 14.1. The molecule has 5 heteroatoms. The van der Waals surface area contributed by atoms with E-state index in [-0.39, 0.29) is 5.82 Å². The number of nitrogens with one attached hydrogen (secondary N) is 1. The third-order valence-electron chi connectivity index (χ3n) is 1.53. The minimum atomic E-state index is -0.252. The van der Waals surface area contributed by atoms with Gasteiger partial charge in [0.25, 0.3) is 0 Å². The Labute approximate surface area is 89.8 Å². The molecule has 0 spiro atoms. The molecule has 0 aliphatic rings. The molecular formula is C7H3BrFIN2. The summed E-state index contributed by atoms with van der Waals surface area (Å²) >= 11 is 5.24. The maximum absolute atomic E-state index is 13.2. The number of H-pyrrole nitrogens is 1. The van der Waals surface area contributed by atoms with Crippen LogP contribution >= 0.6 is 38.5 Å². The van der Waals surface area contributed by atoms with E-state index in [0.29, 0.717) is 15.5 Å². The Balaban J connectivity index is 2.93. The molecule has 2 nitrogen and oxygen atoms in total. The number of nitrogens with zero attached hydrogens (tertiary/aromatic N) is 1. The number of fused-ring (bicyclic) bond motifs is 1.